The number of aromatic nitrogens is 2. The first-order chi connectivity index (χ1) is 7.40. The van der Waals surface area contributed by atoms with E-state index in [1.807, 2.05) is 12.1 Å². The smallest absolute Gasteiger partial charge is 0.223 e. The molecule has 2 aromatic heterocycles. The van der Waals surface area contributed by atoms with Crippen LogP contribution in [0.1, 0.15) is 0 Å². The zero-order valence-corrected chi connectivity index (χ0v) is 8.18. The summed E-state index contributed by atoms with van der Waals surface area (Å²) in [4.78, 5) is 8.39. The van der Waals surface area contributed by atoms with Crippen LogP contribution in [0.2, 0.25) is 0 Å². The monoisotopic (exact) mass is 204 g/mol. The van der Waals surface area contributed by atoms with Crippen molar-refractivity contribution in [1.29, 1.82) is 0 Å². The lowest BCUT2D eigenvalue weighted by Crippen LogP contribution is -2.14. The minimum atomic E-state index is 0.555. The van der Waals surface area contributed by atoms with Crippen LogP contribution in [-0.4, -0.2) is 23.1 Å². The minimum Gasteiger partial charge on any atom is -0.472 e. The van der Waals surface area contributed by atoms with Crippen LogP contribution in [0.5, 0.6) is 0 Å². The number of nitrogens with two attached hydrogens (primary N) is 1. The summed E-state index contributed by atoms with van der Waals surface area (Å²) in [5.41, 5.74) is 7.15. The molecule has 5 heteroatoms. The van der Waals surface area contributed by atoms with Gasteiger partial charge >= 0.3 is 0 Å². The molecular weight excluding hydrogens is 192 g/mol. The van der Waals surface area contributed by atoms with E-state index in [1.165, 1.54) is 0 Å². The third-order valence-electron chi connectivity index (χ3n) is 1.90. The van der Waals surface area contributed by atoms with Crippen molar-refractivity contribution >= 4 is 5.95 Å². The van der Waals surface area contributed by atoms with Crippen LogP contribution in [-0.2, 0) is 0 Å². The van der Waals surface area contributed by atoms with E-state index in [-0.39, 0.29) is 0 Å². The molecule has 2 heterocycles. The van der Waals surface area contributed by atoms with E-state index < -0.39 is 0 Å². The molecule has 78 valence electrons. The van der Waals surface area contributed by atoms with Gasteiger partial charge in [0.2, 0.25) is 5.95 Å². The summed E-state index contributed by atoms with van der Waals surface area (Å²) in [6, 6.07) is 3.69. The summed E-state index contributed by atoms with van der Waals surface area (Å²) in [6.45, 7) is 1.22. The van der Waals surface area contributed by atoms with Gasteiger partial charge in [0.15, 0.2) is 0 Å². The summed E-state index contributed by atoms with van der Waals surface area (Å²) in [5.74, 6) is 0.583. The van der Waals surface area contributed by atoms with Gasteiger partial charge in [0.05, 0.1) is 18.2 Å². The first-order valence-corrected chi connectivity index (χ1v) is 4.69. The molecule has 0 aliphatic rings. The van der Waals surface area contributed by atoms with Crippen molar-refractivity contribution in [1.82, 2.24) is 9.97 Å². The third-order valence-corrected chi connectivity index (χ3v) is 1.90. The van der Waals surface area contributed by atoms with E-state index in [4.69, 9.17) is 10.2 Å². The SMILES string of the molecule is NCCNc1nccc(-c2ccoc2)n1. The largest absolute Gasteiger partial charge is 0.472 e. The minimum absolute atomic E-state index is 0.555. The van der Waals surface area contributed by atoms with Gasteiger partial charge in [-0.3, -0.25) is 0 Å². The molecule has 0 amide bonds. The van der Waals surface area contributed by atoms with Gasteiger partial charge in [0, 0.05) is 24.8 Å². The maximum Gasteiger partial charge on any atom is 0.223 e. The number of nitrogens with zero attached hydrogens (tertiary/aromatic N) is 2. The highest BCUT2D eigenvalue weighted by atomic mass is 16.3. The number of anilines is 1. The molecule has 0 unspecified atom stereocenters. The van der Waals surface area contributed by atoms with Gasteiger partial charge in [0.1, 0.15) is 0 Å². The van der Waals surface area contributed by atoms with Crippen molar-refractivity contribution in [3.8, 4) is 11.3 Å². The van der Waals surface area contributed by atoms with Crippen LogP contribution < -0.4 is 11.1 Å². The van der Waals surface area contributed by atoms with Crippen molar-refractivity contribution in [3.63, 3.8) is 0 Å². The lowest BCUT2D eigenvalue weighted by atomic mass is 10.2. The van der Waals surface area contributed by atoms with Crippen molar-refractivity contribution in [2.45, 2.75) is 0 Å². The molecule has 0 saturated heterocycles. The predicted molar refractivity (Wildman–Crippen MR) is 57.3 cm³/mol. The van der Waals surface area contributed by atoms with E-state index in [2.05, 4.69) is 15.3 Å². The second-order valence-electron chi connectivity index (χ2n) is 2.99. The van der Waals surface area contributed by atoms with Gasteiger partial charge < -0.3 is 15.5 Å². The molecule has 0 saturated carbocycles. The van der Waals surface area contributed by atoms with Crippen LogP contribution in [0.4, 0.5) is 5.95 Å². The van der Waals surface area contributed by atoms with Crippen LogP contribution in [0.3, 0.4) is 0 Å². The quantitative estimate of drug-likeness (QED) is 0.780. The van der Waals surface area contributed by atoms with Crippen molar-refractivity contribution in [2.24, 2.45) is 5.73 Å². The van der Waals surface area contributed by atoms with Gasteiger partial charge in [-0.1, -0.05) is 0 Å². The Balaban J connectivity index is 2.19. The zero-order chi connectivity index (χ0) is 10.5. The fourth-order valence-electron chi connectivity index (χ4n) is 1.20. The molecule has 2 rings (SSSR count). The first kappa shape index (κ1) is 9.67. The Hall–Kier alpha value is -1.88. The van der Waals surface area contributed by atoms with Crippen LogP contribution in [0.25, 0.3) is 11.3 Å². The number of hydrogen-bond donors (Lipinski definition) is 2. The summed E-state index contributed by atoms with van der Waals surface area (Å²) in [6.07, 6.45) is 4.97. The third kappa shape index (κ3) is 2.32. The lowest BCUT2D eigenvalue weighted by molar-refractivity contribution is 0.568. The predicted octanol–water partition coefficient (Wildman–Crippen LogP) is 1.11. The Kier molecular flexibility index (Phi) is 2.94. The average Bonchev–Trinajstić information content (AvgIpc) is 2.80. The van der Waals surface area contributed by atoms with E-state index >= 15 is 0 Å². The number of rotatable bonds is 4. The fourth-order valence-corrected chi connectivity index (χ4v) is 1.20. The van der Waals surface area contributed by atoms with Crippen LogP contribution >= 0.6 is 0 Å². The molecule has 0 aliphatic carbocycles. The summed E-state index contributed by atoms with van der Waals surface area (Å²) < 4.78 is 4.99. The Morgan fingerprint density at radius 3 is 3.07 bits per heavy atom. The molecule has 0 spiro atoms. The molecule has 0 fully saturated rings. The van der Waals surface area contributed by atoms with Crippen LogP contribution in [0, 0.1) is 0 Å². The van der Waals surface area contributed by atoms with Gasteiger partial charge in [-0.25, -0.2) is 9.97 Å². The second-order valence-corrected chi connectivity index (χ2v) is 2.99. The Morgan fingerprint density at radius 2 is 2.33 bits per heavy atom. The molecule has 5 nitrogen and oxygen atoms in total. The Labute approximate surface area is 87.3 Å². The van der Waals surface area contributed by atoms with E-state index in [1.54, 1.807) is 18.7 Å². The van der Waals surface area contributed by atoms with Crippen molar-refractivity contribution in [2.75, 3.05) is 18.4 Å². The highest BCUT2D eigenvalue weighted by Gasteiger charge is 2.02. The normalized spacial score (nSPS) is 10.2. The summed E-state index contributed by atoms with van der Waals surface area (Å²) in [5, 5.41) is 3.02. The highest BCUT2D eigenvalue weighted by Crippen LogP contribution is 2.17. The topological polar surface area (TPSA) is 77.0 Å². The zero-order valence-electron chi connectivity index (χ0n) is 8.18. The first-order valence-electron chi connectivity index (χ1n) is 4.69. The van der Waals surface area contributed by atoms with E-state index in [9.17, 15) is 0 Å². The average molecular weight is 204 g/mol. The van der Waals surface area contributed by atoms with E-state index in [0.717, 1.165) is 11.3 Å². The van der Waals surface area contributed by atoms with Gasteiger partial charge in [-0.15, -0.1) is 0 Å². The maximum absolute atomic E-state index is 5.38. The highest BCUT2D eigenvalue weighted by molar-refractivity contribution is 5.58. The fraction of sp³-hybridized carbons (Fsp3) is 0.200. The number of furan rings is 1. The molecule has 0 aliphatic heterocycles. The molecule has 2 aromatic rings. The molecule has 0 atom stereocenters. The van der Waals surface area contributed by atoms with Gasteiger partial charge in [-0.2, -0.15) is 0 Å². The van der Waals surface area contributed by atoms with Gasteiger partial charge in [-0.05, 0) is 12.1 Å². The van der Waals surface area contributed by atoms with E-state index in [0.29, 0.717) is 19.0 Å². The summed E-state index contributed by atoms with van der Waals surface area (Å²) >= 11 is 0. The second kappa shape index (κ2) is 4.56. The standard InChI is InChI=1S/C10H12N4O/c11-3-5-13-10-12-4-1-9(14-10)8-2-6-15-7-8/h1-2,4,6-7H,3,5,11H2,(H,12,13,14). The van der Waals surface area contributed by atoms with Crippen molar-refractivity contribution in [3.05, 3.63) is 30.9 Å². The molecule has 0 bridgehead atoms. The molecule has 3 N–H and O–H groups in total. The van der Waals surface area contributed by atoms with Gasteiger partial charge in [0.25, 0.3) is 0 Å². The van der Waals surface area contributed by atoms with Crippen LogP contribution in [0.15, 0.2) is 35.3 Å². The Morgan fingerprint density at radius 1 is 1.40 bits per heavy atom. The maximum atomic E-state index is 5.38. The summed E-state index contributed by atoms with van der Waals surface area (Å²) in [7, 11) is 0. The van der Waals surface area contributed by atoms with Crippen molar-refractivity contribution < 1.29 is 4.42 Å². The molecule has 0 radical (unpaired) electrons. The molecular formula is C10H12N4O. The number of nitrogens with one attached hydrogen (secondary N) is 1. The molecule has 15 heavy (non-hydrogen) atoms. The Bertz CT molecular complexity index is 413. The molecule has 0 aromatic carbocycles. The number of hydrogen-bond acceptors (Lipinski definition) is 5. The lowest BCUT2D eigenvalue weighted by Gasteiger charge is -2.03.